The number of rotatable bonds is 7. The molecule has 3 atom stereocenters. The standard InChI is InChI=1S/C20H34O6/c1-13(2)20(6,19(3,4)5)18(24)26-12-11-25-17(23)15-10-8-7-9-14(15)16(21)22/h13-15H,7-12H2,1-6H3,(H,21,22). The molecular weight excluding hydrogens is 336 g/mol. The van der Waals surface area contributed by atoms with Gasteiger partial charge in [-0.2, -0.15) is 0 Å². The highest BCUT2D eigenvalue weighted by Crippen LogP contribution is 2.45. The zero-order valence-corrected chi connectivity index (χ0v) is 17.0. The zero-order valence-electron chi connectivity index (χ0n) is 17.0. The number of carbonyl (C=O) groups excluding carboxylic acids is 2. The van der Waals surface area contributed by atoms with Crippen molar-refractivity contribution in [1.82, 2.24) is 0 Å². The van der Waals surface area contributed by atoms with E-state index in [1.54, 1.807) is 0 Å². The van der Waals surface area contributed by atoms with E-state index in [-0.39, 0.29) is 30.5 Å². The molecule has 1 aliphatic carbocycles. The second-order valence-corrected chi connectivity index (χ2v) is 8.75. The van der Waals surface area contributed by atoms with Crippen LogP contribution >= 0.6 is 0 Å². The van der Waals surface area contributed by atoms with E-state index < -0.39 is 29.2 Å². The lowest BCUT2D eigenvalue weighted by molar-refractivity contribution is -0.171. The molecule has 150 valence electrons. The van der Waals surface area contributed by atoms with E-state index in [2.05, 4.69) is 0 Å². The van der Waals surface area contributed by atoms with Gasteiger partial charge in [0.1, 0.15) is 13.2 Å². The molecule has 6 heteroatoms. The summed E-state index contributed by atoms with van der Waals surface area (Å²) >= 11 is 0. The first-order valence-corrected chi connectivity index (χ1v) is 9.49. The van der Waals surface area contributed by atoms with Crippen LogP contribution in [0.4, 0.5) is 0 Å². The van der Waals surface area contributed by atoms with Gasteiger partial charge in [-0.25, -0.2) is 0 Å². The third kappa shape index (κ3) is 4.98. The number of aliphatic carboxylic acids is 1. The fraction of sp³-hybridized carbons (Fsp3) is 0.850. The van der Waals surface area contributed by atoms with Crippen LogP contribution in [0.1, 0.15) is 67.2 Å². The van der Waals surface area contributed by atoms with Gasteiger partial charge >= 0.3 is 17.9 Å². The molecule has 0 aromatic carbocycles. The van der Waals surface area contributed by atoms with Crippen LogP contribution in [0.25, 0.3) is 0 Å². The summed E-state index contributed by atoms with van der Waals surface area (Å²) in [7, 11) is 0. The average Bonchev–Trinajstić information content (AvgIpc) is 2.56. The maximum Gasteiger partial charge on any atom is 0.312 e. The molecule has 1 fully saturated rings. The van der Waals surface area contributed by atoms with Crippen LogP contribution in [-0.4, -0.2) is 36.2 Å². The molecule has 0 bridgehead atoms. The van der Waals surface area contributed by atoms with Gasteiger partial charge in [0, 0.05) is 0 Å². The van der Waals surface area contributed by atoms with Crippen molar-refractivity contribution >= 4 is 17.9 Å². The zero-order chi connectivity index (χ0) is 20.1. The molecule has 1 aliphatic rings. The predicted octanol–water partition coefficient (Wildman–Crippen LogP) is 3.67. The number of ether oxygens (including phenoxy) is 2. The maximum atomic E-state index is 12.6. The maximum absolute atomic E-state index is 12.6. The molecule has 0 saturated heterocycles. The van der Waals surface area contributed by atoms with Crippen LogP contribution < -0.4 is 0 Å². The van der Waals surface area contributed by atoms with E-state index in [9.17, 15) is 19.5 Å². The van der Waals surface area contributed by atoms with E-state index in [0.717, 1.165) is 12.8 Å². The Morgan fingerprint density at radius 1 is 0.962 bits per heavy atom. The van der Waals surface area contributed by atoms with Crippen LogP contribution in [0.3, 0.4) is 0 Å². The minimum absolute atomic E-state index is 0.0204. The number of esters is 2. The molecule has 0 radical (unpaired) electrons. The predicted molar refractivity (Wildman–Crippen MR) is 97.4 cm³/mol. The Labute approximate surface area is 156 Å². The van der Waals surface area contributed by atoms with Gasteiger partial charge in [-0.15, -0.1) is 0 Å². The third-order valence-corrected chi connectivity index (χ3v) is 6.08. The summed E-state index contributed by atoms with van der Waals surface area (Å²) in [5.41, 5.74) is -0.930. The first-order chi connectivity index (χ1) is 11.9. The van der Waals surface area contributed by atoms with Gasteiger partial charge in [-0.1, -0.05) is 47.5 Å². The minimum atomic E-state index is -0.948. The first kappa shape index (κ1) is 22.5. The molecule has 6 nitrogen and oxygen atoms in total. The number of carbonyl (C=O) groups is 3. The van der Waals surface area contributed by atoms with Gasteiger partial charge < -0.3 is 14.6 Å². The lowest BCUT2D eigenvalue weighted by Gasteiger charge is -2.42. The normalized spacial score (nSPS) is 23.2. The van der Waals surface area contributed by atoms with Gasteiger partial charge in [0.05, 0.1) is 17.3 Å². The molecule has 0 aromatic rings. The Hall–Kier alpha value is -1.59. The molecule has 0 spiro atoms. The summed E-state index contributed by atoms with van der Waals surface area (Å²) < 4.78 is 10.6. The Bertz CT molecular complexity index is 519. The minimum Gasteiger partial charge on any atom is -0.481 e. The topological polar surface area (TPSA) is 89.9 Å². The summed E-state index contributed by atoms with van der Waals surface area (Å²) in [4.78, 5) is 36.1. The molecule has 3 unspecified atom stereocenters. The van der Waals surface area contributed by atoms with Gasteiger partial charge in [0.25, 0.3) is 0 Å². The molecular formula is C20H34O6. The Morgan fingerprint density at radius 2 is 1.46 bits per heavy atom. The van der Waals surface area contributed by atoms with Crippen molar-refractivity contribution in [3.63, 3.8) is 0 Å². The smallest absolute Gasteiger partial charge is 0.312 e. The molecule has 1 rings (SSSR count). The average molecular weight is 370 g/mol. The summed E-state index contributed by atoms with van der Waals surface area (Å²) in [6.45, 7) is 11.8. The largest absolute Gasteiger partial charge is 0.481 e. The summed E-state index contributed by atoms with van der Waals surface area (Å²) in [6.07, 6.45) is 2.68. The second-order valence-electron chi connectivity index (χ2n) is 8.75. The van der Waals surface area contributed by atoms with E-state index in [0.29, 0.717) is 12.8 Å². The van der Waals surface area contributed by atoms with Crippen molar-refractivity contribution in [1.29, 1.82) is 0 Å². The van der Waals surface area contributed by atoms with Gasteiger partial charge in [0.15, 0.2) is 0 Å². The van der Waals surface area contributed by atoms with Crippen molar-refractivity contribution in [3.8, 4) is 0 Å². The van der Waals surface area contributed by atoms with Crippen LogP contribution in [0.2, 0.25) is 0 Å². The van der Waals surface area contributed by atoms with E-state index in [4.69, 9.17) is 9.47 Å². The van der Waals surface area contributed by atoms with Crippen LogP contribution in [-0.2, 0) is 23.9 Å². The van der Waals surface area contributed by atoms with E-state index >= 15 is 0 Å². The third-order valence-electron chi connectivity index (χ3n) is 6.08. The van der Waals surface area contributed by atoms with Crippen molar-refractivity contribution < 1.29 is 29.0 Å². The Balaban J connectivity index is 2.54. The lowest BCUT2D eigenvalue weighted by atomic mass is 9.62. The molecule has 0 amide bonds. The fourth-order valence-electron chi connectivity index (χ4n) is 3.65. The fourth-order valence-corrected chi connectivity index (χ4v) is 3.65. The van der Waals surface area contributed by atoms with Gasteiger partial charge in [-0.05, 0) is 31.1 Å². The lowest BCUT2D eigenvalue weighted by Crippen LogP contribution is -2.46. The summed E-state index contributed by atoms with van der Waals surface area (Å²) in [6, 6.07) is 0. The molecule has 26 heavy (non-hydrogen) atoms. The Morgan fingerprint density at radius 3 is 1.92 bits per heavy atom. The number of carboxylic acids is 1. The highest BCUT2D eigenvalue weighted by molar-refractivity contribution is 5.81. The van der Waals surface area contributed by atoms with Crippen molar-refractivity contribution in [2.75, 3.05) is 13.2 Å². The first-order valence-electron chi connectivity index (χ1n) is 9.49. The Kier molecular flexibility index (Phi) is 7.66. The van der Waals surface area contributed by atoms with Crippen LogP contribution in [0.15, 0.2) is 0 Å². The highest BCUT2D eigenvalue weighted by Gasteiger charge is 2.48. The van der Waals surface area contributed by atoms with E-state index in [1.807, 2.05) is 41.5 Å². The monoisotopic (exact) mass is 370 g/mol. The number of hydrogen-bond donors (Lipinski definition) is 1. The SMILES string of the molecule is CC(C)C(C)(C(=O)OCCOC(=O)C1CCCCC1C(=O)O)C(C)(C)C. The molecule has 1 N–H and O–H groups in total. The van der Waals surface area contributed by atoms with Gasteiger partial charge in [-0.3, -0.25) is 14.4 Å². The molecule has 0 heterocycles. The van der Waals surface area contributed by atoms with Crippen molar-refractivity contribution in [2.24, 2.45) is 28.6 Å². The molecule has 1 saturated carbocycles. The van der Waals surface area contributed by atoms with Crippen molar-refractivity contribution in [3.05, 3.63) is 0 Å². The van der Waals surface area contributed by atoms with E-state index in [1.165, 1.54) is 0 Å². The molecule has 0 aromatic heterocycles. The number of hydrogen-bond acceptors (Lipinski definition) is 5. The van der Waals surface area contributed by atoms with Gasteiger partial charge in [0.2, 0.25) is 0 Å². The molecule has 0 aliphatic heterocycles. The van der Waals surface area contributed by atoms with Crippen molar-refractivity contribution in [2.45, 2.75) is 67.2 Å². The van der Waals surface area contributed by atoms with Crippen LogP contribution in [0.5, 0.6) is 0 Å². The highest BCUT2D eigenvalue weighted by atomic mass is 16.6. The summed E-state index contributed by atoms with van der Waals surface area (Å²) in [5, 5.41) is 9.24. The second kappa shape index (κ2) is 8.87. The summed E-state index contributed by atoms with van der Waals surface area (Å²) in [5.74, 6) is -2.95. The quantitative estimate of drug-likeness (QED) is 0.543. The van der Waals surface area contributed by atoms with Crippen LogP contribution in [0, 0.1) is 28.6 Å². The number of carboxylic acid groups (broad SMARTS) is 1.